The highest BCUT2D eigenvalue weighted by Crippen LogP contribution is 2.29. The molecule has 0 unspecified atom stereocenters. The zero-order valence-electron chi connectivity index (χ0n) is 15.8. The van der Waals surface area contributed by atoms with Crippen LogP contribution >= 0.6 is 0 Å². The van der Waals surface area contributed by atoms with Crippen molar-refractivity contribution in [3.05, 3.63) is 72.0 Å². The zero-order valence-corrected chi connectivity index (χ0v) is 15.8. The fraction of sp³-hybridized carbons (Fsp3) is 0.190. The molecule has 0 aliphatic rings. The second kappa shape index (κ2) is 7.19. The van der Waals surface area contributed by atoms with Gasteiger partial charge in [-0.05, 0) is 49.7 Å². The molecule has 4 rings (SSSR count). The van der Waals surface area contributed by atoms with Gasteiger partial charge in [0, 0.05) is 10.9 Å². The Hall–Kier alpha value is -3.61. The van der Waals surface area contributed by atoms with E-state index in [-0.39, 0.29) is 11.9 Å². The molecule has 1 amide bonds. The van der Waals surface area contributed by atoms with Gasteiger partial charge in [0.1, 0.15) is 24.0 Å². The first-order valence-corrected chi connectivity index (χ1v) is 8.90. The third kappa shape index (κ3) is 3.22. The number of furan rings is 1. The second-order valence-electron chi connectivity index (χ2n) is 6.55. The predicted molar refractivity (Wildman–Crippen MR) is 105 cm³/mol. The maximum atomic E-state index is 12.8. The predicted octanol–water partition coefficient (Wildman–Crippen LogP) is 3.82. The molecule has 28 heavy (non-hydrogen) atoms. The number of nitrogens with one attached hydrogen (secondary N) is 1. The molecule has 0 aliphatic heterocycles. The van der Waals surface area contributed by atoms with Crippen molar-refractivity contribution in [2.45, 2.75) is 19.9 Å². The van der Waals surface area contributed by atoms with Crippen LogP contribution in [0.3, 0.4) is 0 Å². The van der Waals surface area contributed by atoms with E-state index in [1.54, 1.807) is 18.1 Å². The van der Waals surface area contributed by atoms with Gasteiger partial charge in [-0.1, -0.05) is 12.1 Å². The Labute approximate surface area is 161 Å². The van der Waals surface area contributed by atoms with Crippen LogP contribution in [0.2, 0.25) is 0 Å². The molecule has 0 radical (unpaired) electrons. The number of hydrogen-bond donors (Lipinski definition) is 1. The van der Waals surface area contributed by atoms with Gasteiger partial charge in [-0.25, -0.2) is 9.67 Å². The summed E-state index contributed by atoms with van der Waals surface area (Å²) in [4.78, 5) is 16.7. The summed E-state index contributed by atoms with van der Waals surface area (Å²) in [6.45, 7) is 3.81. The van der Waals surface area contributed by atoms with E-state index in [4.69, 9.17) is 9.15 Å². The molecule has 0 fully saturated rings. The van der Waals surface area contributed by atoms with Crippen molar-refractivity contribution in [3.8, 4) is 11.4 Å². The van der Waals surface area contributed by atoms with Gasteiger partial charge in [-0.3, -0.25) is 4.79 Å². The van der Waals surface area contributed by atoms with Crippen LogP contribution in [-0.4, -0.2) is 27.8 Å². The zero-order chi connectivity index (χ0) is 19.7. The van der Waals surface area contributed by atoms with Crippen LogP contribution in [0.25, 0.3) is 16.7 Å². The molecule has 0 saturated carbocycles. The van der Waals surface area contributed by atoms with Crippen molar-refractivity contribution in [2.75, 3.05) is 7.11 Å². The van der Waals surface area contributed by atoms with Gasteiger partial charge in [0.25, 0.3) is 5.91 Å². The number of hydrogen-bond acceptors (Lipinski definition) is 5. The highest BCUT2D eigenvalue weighted by molar-refractivity contribution is 5.99. The number of benzene rings is 2. The molecule has 7 heteroatoms. The summed E-state index contributed by atoms with van der Waals surface area (Å²) in [7, 11) is 1.61. The standard InChI is InChI=1S/C21H20N4O3/c1-13-18-10-17(27-3)8-9-19(18)28-20(13)21(26)24-14(2)15-4-6-16(7-5-15)25-12-22-11-23-25/h4-12,14H,1-3H3,(H,24,26)/t14-/m1/s1. The molecule has 0 bridgehead atoms. The van der Waals surface area contributed by atoms with Crippen molar-refractivity contribution in [1.29, 1.82) is 0 Å². The van der Waals surface area contributed by atoms with Gasteiger partial charge in [0.05, 0.1) is 18.8 Å². The number of amides is 1. The average molecular weight is 376 g/mol. The lowest BCUT2D eigenvalue weighted by Gasteiger charge is -2.14. The minimum Gasteiger partial charge on any atom is -0.497 e. The van der Waals surface area contributed by atoms with E-state index in [0.29, 0.717) is 11.3 Å². The monoisotopic (exact) mass is 376 g/mol. The number of carbonyl (C=O) groups excluding carboxylic acids is 1. The van der Waals surface area contributed by atoms with Crippen LogP contribution in [0.1, 0.15) is 34.6 Å². The van der Waals surface area contributed by atoms with E-state index in [1.807, 2.05) is 56.3 Å². The molecule has 1 atom stereocenters. The van der Waals surface area contributed by atoms with Crippen LogP contribution in [-0.2, 0) is 0 Å². The quantitative estimate of drug-likeness (QED) is 0.573. The number of fused-ring (bicyclic) bond motifs is 1. The maximum absolute atomic E-state index is 12.8. The molecule has 142 valence electrons. The number of aryl methyl sites for hydroxylation is 1. The number of nitrogens with zero attached hydrogens (tertiary/aromatic N) is 3. The number of methoxy groups -OCH3 is 1. The first kappa shape index (κ1) is 17.8. The fourth-order valence-electron chi connectivity index (χ4n) is 3.15. The fourth-order valence-corrected chi connectivity index (χ4v) is 3.15. The summed E-state index contributed by atoms with van der Waals surface area (Å²) in [5, 5.41) is 7.97. The lowest BCUT2D eigenvalue weighted by atomic mass is 10.1. The molecule has 1 N–H and O–H groups in total. The molecule has 0 spiro atoms. The van der Waals surface area contributed by atoms with Crippen LogP contribution in [0.15, 0.2) is 59.5 Å². The van der Waals surface area contributed by atoms with Gasteiger partial charge in [0.2, 0.25) is 0 Å². The Morgan fingerprint density at radius 3 is 2.68 bits per heavy atom. The summed E-state index contributed by atoms with van der Waals surface area (Å²) >= 11 is 0. The molecule has 0 saturated heterocycles. The summed E-state index contributed by atoms with van der Waals surface area (Å²) in [5.74, 6) is 0.791. The topological polar surface area (TPSA) is 82.2 Å². The van der Waals surface area contributed by atoms with Gasteiger partial charge in [0.15, 0.2) is 5.76 Å². The normalized spacial score (nSPS) is 12.1. The van der Waals surface area contributed by atoms with Crippen molar-refractivity contribution < 1.29 is 13.9 Å². The SMILES string of the molecule is COc1ccc2oc(C(=O)N[C@H](C)c3ccc(-n4cncn4)cc3)c(C)c2c1. The van der Waals surface area contributed by atoms with Gasteiger partial charge < -0.3 is 14.5 Å². The smallest absolute Gasteiger partial charge is 0.287 e. The maximum Gasteiger partial charge on any atom is 0.287 e. The Kier molecular flexibility index (Phi) is 4.57. The first-order valence-electron chi connectivity index (χ1n) is 8.90. The van der Waals surface area contributed by atoms with E-state index in [9.17, 15) is 4.79 Å². The largest absolute Gasteiger partial charge is 0.497 e. The van der Waals surface area contributed by atoms with Crippen LogP contribution in [0, 0.1) is 6.92 Å². The lowest BCUT2D eigenvalue weighted by molar-refractivity contribution is 0.0913. The van der Waals surface area contributed by atoms with E-state index >= 15 is 0 Å². The van der Waals surface area contributed by atoms with Crippen LogP contribution in [0.4, 0.5) is 0 Å². The Balaban J connectivity index is 1.53. The van der Waals surface area contributed by atoms with Gasteiger partial charge in [-0.15, -0.1) is 0 Å². The second-order valence-corrected chi connectivity index (χ2v) is 6.55. The highest BCUT2D eigenvalue weighted by Gasteiger charge is 2.20. The van der Waals surface area contributed by atoms with Crippen LogP contribution in [0.5, 0.6) is 5.75 Å². The Morgan fingerprint density at radius 1 is 1.21 bits per heavy atom. The number of rotatable bonds is 5. The molecule has 2 aromatic carbocycles. The summed E-state index contributed by atoms with van der Waals surface area (Å²) in [6, 6.07) is 13.1. The highest BCUT2D eigenvalue weighted by atomic mass is 16.5. The number of ether oxygens (including phenoxy) is 1. The summed E-state index contributed by atoms with van der Waals surface area (Å²) < 4.78 is 12.7. The van der Waals surface area contributed by atoms with E-state index in [2.05, 4.69) is 15.4 Å². The molecular weight excluding hydrogens is 356 g/mol. The average Bonchev–Trinajstić information content (AvgIpc) is 3.36. The molecule has 2 aromatic heterocycles. The Bertz CT molecular complexity index is 1110. The van der Waals surface area contributed by atoms with Crippen LogP contribution < -0.4 is 10.1 Å². The van der Waals surface area contributed by atoms with Gasteiger partial charge in [-0.2, -0.15) is 5.10 Å². The van der Waals surface area contributed by atoms with Crippen molar-refractivity contribution in [3.63, 3.8) is 0 Å². The van der Waals surface area contributed by atoms with Crippen molar-refractivity contribution in [1.82, 2.24) is 20.1 Å². The molecule has 2 heterocycles. The first-order chi connectivity index (χ1) is 13.6. The van der Waals surface area contributed by atoms with Crippen molar-refractivity contribution in [2.24, 2.45) is 0 Å². The molecule has 7 nitrogen and oxygen atoms in total. The van der Waals surface area contributed by atoms with E-state index < -0.39 is 0 Å². The van der Waals surface area contributed by atoms with E-state index in [0.717, 1.165) is 28.0 Å². The lowest BCUT2D eigenvalue weighted by Crippen LogP contribution is -2.26. The molecule has 0 aliphatic carbocycles. The molecular formula is C21H20N4O3. The van der Waals surface area contributed by atoms with E-state index in [1.165, 1.54) is 6.33 Å². The van der Waals surface area contributed by atoms with Crippen molar-refractivity contribution >= 4 is 16.9 Å². The third-order valence-electron chi connectivity index (χ3n) is 4.77. The summed E-state index contributed by atoms with van der Waals surface area (Å²) in [6.07, 6.45) is 3.13. The molecule has 4 aromatic rings. The third-order valence-corrected chi connectivity index (χ3v) is 4.77. The number of aromatic nitrogens is 3. The Morgan fingerprint density at radius 2 is 2.00 bits per heavy atom. The summed E-state index contributed by atoms with van der Waals surface area (Å²) in [5.41, 5.74) is 3.34. The number of carbonyl (C=O) groups is 1. The van der Waals surface area contributed by atoms with Gasteiger partial charge >= 0.3 is 0 Å². The minimum atomic E-state index is -0.250. The minimum absolute atomic E-state index is 0.181.